The summed E-state index contributed by atoms with van der Waals surface area (Å²) in [7, 11) is 0. The van der Waals surface area contributed by atoms with E-state index in [2.05, 4.69) is 15.6 Å². The summed E-state index contributed by atoms with van der Waals surface area (Å²) in [6.45, 7) is 3.54. The third kappa shape index (κ3) is 6.37. The normalized spacial score (nSPS) is 20.7. The van der Waals surface area contributed by atoms with Crippen LogP contribution in [0.25, 0.3) is 11.0 Å². The van der Waals surface area contributed by atoms with Crippen molar-refractivity contribution < 1.29 is 28.3 Å². The molecule has 226 valence electrons. The van der Waals surface area contributed by atoms with Gasteiger partial charge in [-0.1, -0.05) is 11.6 Å². The molecule has 1 saturated carbocycles. The lowest BCUT2D eigenvalue weighted by molar-refractivity contribution is -0.136. The van der Waals surface area contributed by atoms with Crippen LogP contribution in [0.5, 0.6) is 0 Å². The topological polar surface area (TPSA) is 134 Å². The second-order valence-corrected chi connectivity index (χ2v) is 11.7. The lowest BCUT2D eigenvalue weighted by Gasteiger charge is -2.29. The second kappa shape index (κ2) is 12.7. The Labute approximate surface area is 253 Å². The van der Waals surface area contributed by atoms with Crippen LogP contribution < -0.4 is 10.6 Å². The number of nitrogens with zero attached hydrogens (tertiary/aromatic N) is 3. The van der Waals surface area contributed by atoms with Crippen molar-refractivity contribution in [2.45, 2.75) is 38.5 Å². The van der Waals surface area contributed by atoms with E-state index in [4.69, 9.17) is 20.8 Å². The van der Waals surface area contributed by atoms with Gasteiger partial charge in [0.2, 0.25) is 17.6 Å². The van der Waals surface area contributed by atoms with Gasteiger partial charge in [0.15, 0.2) is 0 Å². The number of hydrogen-bond donors (Lipinski definition) is 2. The number of benzene rings is 1. The van der Waals surface area contributed by atoms with Crippen LogP contribution in [0.4, 0.5) is 11.5 Å². The lowest BCUT2D eigenvalue weighted by Crippen LogP contribution is -2.40. The van der Waals surface area contributed by atoms with Crippen LogP contribution in [-0.4, -0.2) is 77.8 Å². The number of ether oxygens (including phenoxy) is 1. The van der Waals surface area contributed by atoms with Crippen LogP contribution >= 0.6 is 11.6 Å². The summed E-state index contributed by atoms with van der Waals surface area (Å²) < 4.78 is 11.3. The van der Waals surface area contributed by atoms with E-state index in [0.717, 1.165) is 25.9 Å². The number of rotatable bonds is 6. The average molecular weight is 608 g/mol. The Bertz CT molecular complexity index is 1520. The highest BCUT2D eigenvalue weighted by Gasteiger charge is 2.34. The monoisotopic (exact) mass is 607 g/mol. The molecule has 6 rings (SSSR count). The number of anilines is 2. The maximum absolute atomic E-state index is 13.6. The first-order valence-electron chi connectivity index (χ1n) is 14.8. The fourth-order valence-corrected chi connectivity index (χ4v) is 6.22. The highest BCUT2D eigenvalue weighted by Crippen LogP contribution is 2.36. The number of fused-ring (bicyclic) bond motifs is 1. The first kappa shape index (κ1) is 29.1. The predicted molar refractivity (Wildman–Crippen MR) is 160 cm³/mol. The highest BCUT2D eigenvalue weighted by molar-refractivity contribution is 6.30. The zero-order valence-corrected chi connectivity index (χ0v) is 24.5. The van der Waals surface area contributed by atoms with E-state index in [1.807, 2.05) is 4.90 Å². The first-order chi connectivity index (χ1) is 20.9. The molecule has 2 saturated heterocycles. The number of nitrogens with one attached hydrogen (secondary N) is 2. The Balaban J connectivity index is 1.24. The summed E-state index contributed by atoms with van der Waals surface area (Å²) >= 11 is 5.93. The molecular weight excluding hydrogens is 574 g/mol. The molecule has 2 aromatic heterocycles. The predicted octanol–water partition coefficient (Wildman–Crippen LogP) is 4.57. The van der Waals surface area contributed by atoms with Crippen LogP contribution in [0.1, 0.15) is 59.4 Å². The van der Waals surface area contributed by atoms with Crippen LogP contribution in [0.3, 0.4) is 0 Å². The number of likely N-dealkylation sites (tertiary alicyclic amines) is 1. The van der Waals surface area contributed by atoms with Crippen molar-refractivity contribution in [3.8, 4) is 0 Å². The third-order valence-corrected chi connectivity index (χ3v) is 8.75. The summed E-state index contributed by atoms with van der Waals surface area (Å²) in [4.78, 5) is 60.9. The summed E-state index contributed by atoms with van der Waals surface area (Å²) in [5, 5.41) is 6.50. The Hall–Kier alpha value is -3.96. The molecule has 0 spiro atoms. The van der Waals surface area contributed by atoms with Gasteiger partial charge in [0.05, 0.1) is 18.2 Å². The number of carbonyl (C=O) groups excluding carboxylic acids is 4. The molecular formula is C31H34ClN5O6. The van der Waals surface area contributed by atoms with E-state index in [-0.39, 0.29) is 46.8 Å². The minimum atomic E-state index is -0.609. The molecule has 3 aromatic rings. The molecule has 3 fully saturated rings. The fraction of sp³-hybridized carbons (Fsp3) is 0.452. The van der Waals surface area contributed by atoms with Gasteiger partial charge in [0, 0.05) is 55.2 Å². The van der Waals surface area contributed by atoms with Crippen LogP contribution in [0, 0.1) is 11.8 Å². The zero-order valence-electron chi connectivity index (χ0n) is 23.8. The van der Waals surface area contributed by atoms with Gasteiger partial charge in [-0.25, -0.2) is 4.98 Å². The Kier molecular flexibility index (Phi) is 8.62. The number of pyridine rings is 1. The molecule has 11 nitrogen and oxygen atoms in total. The summed E-state index contributed by atoms with van der Waals surface area (Å²) in [5.74, 6) is -1.05. The fourth-order valence-electron chi connectivity index (χ4n) is 6.11. The van der Waals surface area contributed by atoms with E-state index in [0.29, 0.717) is 73.5 Å². The molecule has 0 radical (unpaired) electrons. The smallest absolute Gasteiger partial charge is 0.294 e. The lowest BCUT2D eigenvalue weighted by atomic mass is 9.81. The zero-order chi connectivity index (χ0) is 29.9. The molecule has 0 bridgehead atoms. The van der Waals surface area contributed by atoms with Crippen LogP contribution in [-0.2, 0) is 14.3 Å². The van der Waals surface area contributed by atoms with E-state index >= 15 is 0 Å². The maximum Gasteiger partial charge on any atom is 0.294 e. The van der Waals surface area contributed by atoms with Gasteiger partial charge in [-0.15, -0.1) is 0 Å². The SMILES string of the molecule is O=C(Nc1ccc(Cl)cn1)c1oc2ccc(C(=O)N3CCOCC3)cc2c1NC(=O)C1CCC(C(=O)N2CCCC2)CC1. The van der Waals surface area contributed by atoms with Crippen molar-refractivity contribution in [2.24, 2.45) is 11.8 Å². The quantitative estimate of drug-likeness (QED) is 0.419. The van der Waals surface area contributed by atoms with E-state index < -0.39 is 5.91 Å². The van der Waals surface area contributed by atoms with Crippen LogP contribution in [0.2, 0.25) is 5.02 Å². The molecule has 2 aliphatic heterocycles. The number of halogens is 1. The molecule has 12 heteroatoms. The third-order valence-electron chi connectivity index (χ3n) is 8.52. The first-order valence-corrected chi connectivity index (χ1v) is 15.2. The van der Waals surface area contributed by atoms with E-state index in [1.54, 1.807) is 35.2 Å². The second-order valence-electron chi connectivity index (χ2n) is 11.3. The van der Waals surface area contributed by atoms with Crippen molar-refractivity contribution in [1.82, 2.24) is 14.8 Å². The molecule has 1 aliphatic carbocycles. The molecule has 4 heterocycles. The van der Waals surface area contributed by atoms with Crippen LogP contribution in [0.15, 0.2) is 40.9 Å². The summed E-state index contributed by atoms with van der Waals surface area (Å²) in [6.07, 6.45) is 5.94. The standard InChI is InChI=1S/C31H34ClN5O6/c32-22-8-10-25(33-18-22)34-29(39)27-26(23-17-21(7-9-24(23)43-27)31(41)37-13-15-42-16-14-37)35-28(38)19-3-5-20(6-4-19)30(40)36-11-1-2-12-36/h7-10,17-20H,1-6,11-16H2,(H,35,38)(H,33,34,39). The van der Waals surface area contributed by atoms with Crippen molar-refractivity contribution in [3.05, 3.63) is 52.9 Å². The van der Waals surface area contributed by atoms with Gasteiger partial charge in [-0.2, -0.15) is 0 Å². The number of carbonyl (C=O) groups is 4. The molecule has 1 aromatic carbocycles. The molecule has 3 aliphatic rings. The van der Waals surface area contributed by atoms with Gasteiger partial charge in [-0.3, -0.25) is 19.2 Å². The largest absolute Gasteiger partial charge is 0.449 e. The number of furan rings is 1. The Morgan fingerprint density at radius 3 is 2.28 bits per heavy atom. The Morgan fingerprint density at radius 1 is 0.860 bits per heavy atom. The summed E-state index contributed by atoms with van der Waals surface area (Å²) in [6, 6.07) is 8.08. The van der Waals surface area contributed by atoms with Crippen molar-refractivity contribution >= 4 is 57.7 Å². The van der Waals surface area contributed by atoms with Crippen molar-refractivity contribution in [2.75, 3.05) is 50.0 Å². The number of morpholine rings is 1. The molecule has 2 N–H and O–H groups in total. The van der Waals surface area contributed by atoms with Gasteiger partial charge < -0.3 is 29.6 Å². The number of hydrogen-bond acceptors (Lipinski definition) is 7. The molecule has 4 amide bonds. The summed E-state index contributed by atoms with van der Waals surface area (Å²) in [5.41, 5.74) is 0.958. The minimum absolute atomic E-state index is 0.0566. The number of amides is 4. The molecule has 0 unspecified atom stereocenters. The van der Waals surface area contributed by atoms with Gasteiger partial charge >= 0.3 is 0 Å². The average Bonchev–Trinajstić information content (AvgIpc) is 3.71. The number of aromatic nitrogens is 1. The van der Waals surface area contributed by atoms with Gasteiger partial charge in [-0.05, 0) is 68.9 Å². The minimum Gasteiger partial charge on any atom is -0.449 e. The molecule has 43 heavy (non-hydrogen) atoms. The highest BCUT2D eigenvalue weighted by atomic mass is 35.5. The molecule has 0 atom stereocenters. The van der Waals surface area contributed by atoms with Crippen molar-refractivity contribution in [3.63, 3.8) is 0 Å². The van der Waals surface area contributed by atoms with Gasteiger partial charge in [0.1, 0.15) is 17.1 Å². The van der Waals surface area contributed by atoms with E-state index in [9.17, 15) is 19.2 Å². The maximum atomic E-state index is 13.6. The van der Waals surface area contributed by atoms with Crippen molar-refractivity contribution in [1.29, 1.82) is 0 Å². The Morgan fingerprint density at radius 2 is 1.58 bits per heavy atom. The van der Waals surface area contributed by atoms with Gasteiger partial charge in [0.25, 0.3) is 11.8 Å². The van der Waals surface area contributed by atoms with E-state index in [1.165, 1.54) is 6.20 Å².